The molecule has 0 fully saturated rings. The molecule has 0 bridgehead atoms. The number of aromatic nitrogens is 1. The first-order valence-electron chi connectivity index (χ1n) is 9.10. The number of hydrogen-bond acceptors (Lipinski definition) is 5. The lowest BCUT2D eigenvalue weighted by Gasteiger charge is -2.22. The van der Waals surface area contributed by atoms with Gasteiger partial charge in [0.25, 0.3) is 5.91 Å². The van der Waals surface area contributed by atoms with Gasteiger partial charge in [-0.05, 0) is 43.2 Å². The van der Waals surface area contributed by atoms with Gasteiger partial charge >= 0.3 is 0 Å². The van der Waals surface area contributed by atoms with Crippen LogP contribution in [0.4, 0.5) is 5.69 Å². The summed E-state index contributed by atoms with van der Waals surface area (Å²) >= 11 is 6.14. The number of carbonyl (C=O) groups is 2. The number of amides is 2. The number of nitrogens with one attached hydrogen (secondary N) is 1. The Labute approximate surface area is 168 Å². The molecule has 3 rings (SSSR count). The van der Waals surface area contributed by atoms with E-state index in [1.54, 1.807) is 48.5 Å². The van der Waals surface area contributed by atoms with Gasteiger partial charge in [0.2, 0.25) is 11.8 Å². The molecule has 1 aromatic carbocycles. The zero-order valence-corrected chi connectivity index (χ0v) is 16.4. The van der Waals surface area contributed by atoms with Crippen molar-refractivity contribution in [2.24, 2.45) is 0 Å². The Kier molecular flexibility index (Phi) is 6.84. The number of carbonyl (C=O) groups excluding carboxylic acids is 2. The van der Waals surface area contributed by atoms with Gasteiger partial charge in [0.15, 0.2) is 5.75 Å². The molecule has 28 heavy (non-hydrogen) atoms. The number of hydrogen-bond donors (Lipinski definition) is 1. The van der Waals surface area contributed by atoms with Crippen molar-refractivity contribution in [1.29, 1.82) is 0 Å². The molecule has 0 spiro atoms. The predicted octanol–water partition coefficient (Wildman–Crippen LogP) is 3.42. The number of benzene rings is 1. The normalized spacial score (nSPS) is 12.6. The van der Waals surface area contributed by atoms with Crippen LogP contribution in [0.2, 0.25) is 5.02 Å². The summed E-state index contributed by atoms with van der Waals surface area (Å²) in [5, 5.41) is 3.34. The molecule has 2 heterocycles. The van der Waals surface area contributed by atoms with E-state index in [0.29, 0.717) is 54.6 Å². The highest BCUT2D eigenvalue weighted by Crippen LogP contribution is 2.39. The van der Waals surface area contributed by atoms with E-state index in [-0.39, 0.29) is 17.7 Å². The Hall–Kier alpha value is -2.64. The van der Waals surface area contributed by atoms with Crippen LogP contribution in [-0.4, -0.2) is 43.6 Å². The van der Waals surface area contributed by atoms with Crippen LogP contribution in [0.3, 0.4) is 0 Å². The Balaban J connectivity index is 1.71. The van der Waals surface area contributed by atoms with Crippen LogP contribution in [0, 0.1) is 0 Å². The monoisotopic (exact) mass is 403 g/mol. The van der Waals surface area contributed by atoms with Gasteiger partial charge in [-0.15, -0.1) is 0 Å². The number of methoxy groups -OCH3 is 1. The van der Waals surface area contributed by atoms with Crippen LogP contribution < -0.4 is 15.0 Å². The summed E-state index contributed by atoms with van der Waals surface area (Å²) in [6.07, 6.45) is 3.15. The summed E-state index contributed by atoms with van der Waals surface area (Å²) in [4.78, 5) is 30.8. The third kappa shape index (κ3) is 4.79. The largest absolute Gasteiger partial charge is 0.436 e. The van der Waals surface area contributed by atoms with Crippen LogP contribution in [0.1, 0.15) is 29.6 Å². The number of anilines is 1. The van der Waals surface area contributed by atoms with Crippen molar-refractivity contribution in [3.05, 3.63) is 47.1 Å². The van der Waals surface area contributed by atoms with Crippen molar-refractivity contribution in [1.82, 2.24) is 10.3 Å². The maximum absolute atomic E-state index is 13.1. The molecule has 0 saturated carbocycles. The zero-order chi connectivity index (χ0) is 19.9. The first-order valence-corrected chi connectivity index (χ1v) is 9.48. The van der Waals surface area contributed by atoms with Gasteiger partial charge in [-0.25, -0.2) is 4.98 Å². The van der Waals surface area contributed by atoms with Gasteiger partial charge < -0.3 is 19.7 Å². The maximum atomic E-state index is 13.1. The van der Waals surface area contributed by atoms with Crippen LogP contribution in [0.5, 0.6) is 11.6 Å². The lowest BCUT2D eigenvalue weighted by atomic mass is 10.2. The zero-order valence-electron chi connectivity index (χ0n) is 15.6. The quantitative estimate of drug-likeness (QED) is 0.683. The molecule has 0 atom stereocenters. The second kappa shape index (κ2) is 9.52. The Morgan fingerprint density at radius 2 is 2.18 bits per heavy atom. The molecule has 2 aromatic rings. The van der Waals surface area contributed by atoms with Crippen LogP contribution >= 0.6 is 11.6 Å². The van der Waals surface area contributed by atoms with E-state index in [1.165, 1.54) is 0 Å². The van der Waals surface area contributed by atoms with E-state index in [0.717, 1.165) is 6.42 Å². The second-order valence-electron chi connectivity index (χ2n) is 6.33. The van der Waals surface area contributed by atoms with E-state index >= 15 is 0 Å². The Morgan fingerprint density at radius 3 is 3.00 bits per heavy atom. The molecule has 0 saturated heterocycles. The van der Waals surface area contributed by atoms with E-state index in [4.69, 9.17) is 21.1 Å². The highest BCUT2D eigenvalue weighted by molar-refractivity contribution is 6.31. The van der Waals surface area contributed by atoms with E-state index in [2.05, 4.69) is 10.3 Å². The van der Waals surface area contributed by atoms with Crippen molar-refractivity contribution < 1.29 is 19.1 Å². The molecule has 1 aliphatic heterocycles. The molecule has 0 radical (unpaired) electrons. The molecule has 148 valence electrons. The second-order valence-corrected chi connectivity index (χ2v) is 6.76. The summed E-state index contributed by atoms with van der Waals surface area (Å²) in [5.41, 5.74) is 0.940. The molecule has 1 N–H and O–H groups in total. The molecule has 0 unspecified atom stereocenters. The number of pyridine rings is 1. The number of halogens is 1. The minimum atomic E-state index is -0.232. The Bertz CT molecular complexity index is 859. The van der Waals surface area contributed by atoms with Gasteiger partial charge in [-0.3, -0.25) is 9.59 Å². The van der Waals surface area contributed by atoms with Crippen LogP contribution in [-0.2, 0) is 9.53 Å². The standard InChI is InChI=1S/C20H22ClN3O4/c1-27-12-4-10-22-18(25)6-3-11-24-16-13-14(21)7-8-17(16)28-19-15(20(24)26)5-2-9-23-19/h2,5,7-9,13H,3-4,6,10-12H2,1H3,(H,22,25). The maximum Gasteiger partial charge on any atom is 0.263 e. The van der Waals surface area contributed by atoms with Gasteiger partial charge in [0.05, 0.1) is 5.69 Å². The molecule has 8 heteroatoms. The molecule has 7 nitrogen and oxygen atoms in total. The minimum Gasteiger partial charge on any atom is -0.436 e. The lowest BCUT2D eigenvalue weighted by molar-refractivity contribution is -0.121. The number of nitrogens with zero attached hydrogens (tertiary/aromatic N) is 2. The summed E-state index contributed by atoms with van der Waals surface area (Å²) in [5.74, 6) is 0.473. The van der Waals surface area contributed by atoms with Crippen molar-refractivity contribution >= 4 is 29.1 Å². The number of rotatable bonds is 8. The first kappa shape index (κ1) is 20.1. The molecule has 1 aliphatic rings. The van der Waals surface area contributed by atoms with E-state index in [9.17, 15) is 9.59 Å². The minimum absolute atomic E-state index is 0.0528. The summed E-state index contributed by atoms with van der Waals surface area (Å²) in [7, 11) is 1.63. The average molecular weight is 404 g/mol. The van der Waals surface area contributed by atoms with E-state index in [1.807, 2.05) is 0 Å². The highest BCUT2D eigenvalue weighted by atomic mass is 35.5. The van der Waals surface area contributed by atoms with Crippen molar-refractivity contribution in [3.8, 4) is 11.6 Å². The fourth-order valence-electron chi connectivity index (χ4n) is 2.93. The number of ether oxygens (including phenoxy) is 2. The highest BCUT2D eigenvalue weighted by Gasteiger charge is 2.29. The summed E-state index contributed by atoms with van der Waals surface area (Å²) < 4.78 is 10.8. The topological polar surface area (TPSA) is 80.8 Å². The van der Waals surface area contributed by atoms with Crippen molar-refractivity contribution in [2.45, 2.75) is 19.3 Å². The summed E-state index contributed by atoms with van der Waals surface area (Å²) in [6.45, 7) is 1.53. The lowest BCUT2D eigenvalue weighted by Crippen LogP contribution is -2.32. The van der Waals surface area contributed by atoms with Crippen molar-refractivity contribution in [3.63, 3.8) is 0 Å². The Morgan fingerprint density at radius 1 is 1.32 bits per heavy atom. The average Bonchev–Trinajstić information content (AvgIpc) is 2.80. The molecule has 2 amide bonds. The van der Waals surface area contributed by atoms with Gasteiger partial charge in [-0.2, -0.15) is 0 Å². The van der Waals surface area contributed by atoms with Gasteiger partial charge in [0.1, 0.15) is 5.56 Å². The van der Waals surface area contributed by atoms with Crippen LogP contribution in [0.25, 0.3) is 0 Å². The predicted molar refractivity (Wildman–Crippen MR) is 106 cm³/mol. The van der Waals surface area contributed by atoms with E-state index < -0.39 is 0 Å². The third-order valence-electron chi connectivity index (χ3n) is 4.30. The van der Waals surface area contributed by atoms with Gasteiger partial charge in [-0.1, -0.05) is 11.6 Å². The SMILES string of the molecule is COCCCNC(=O)CCCN1C(=O)c2cccnc2Oc2ccc(Cl)cc21. The molecular weight excluding hydrogens is 382 g/mol. The van der Waals surface area contributed by atoms with Gasteiger partial charge in [0, 0.05) is 44.4 Å². The fourth-order valence-corrected chi connectivity index (χ4v) is 3.10. The number of fused-ring (bicyclic) bond motifs is 2. The molecule has 1 aromatic heterocycles. The molecule has 0 aliphatic carbocycles. The van der Waals surface area contributed by atoms with Crippen molar-refractivity contribution in [2.75, 3.05) is 31.7 Å². The fraction of sp³-hybridized carbons (Fsp3) is 0.350. The first-order chi connectivity index (χ1) is 13.6. The molecular formula is C20H22ClN3O4. The van der Waals surface area contributed by atoms with Crippen LogP contribution in [0.15, 0.2) is 36.5 Å². The summed E-state index contributed by atoms with van der Waals surface area (Å²) in [6, 6.07) is 8.46. The smallest absolute Gasteiger partial charge is 0.263 e. The third-order valence-corrected chi connectivity index (χ3v) is 4.53.